The quantitative estimate of drug-likeness (QED) is 0.362. The van der Waals surface area contributed by atoms with Gasteiger partial charge in [-0.1, -0.05) is 13.8 Å². The van der Waals surface area contributed by atoms with Crippen molar-refractivity contribution >= 4 is 5.71 Å². The van der Waals surface area contributed by atoms with Crippen LogP contribution in [0, 0.1) is 11.8 Å². The van der Waals surface area contributed by atoms with Crippen molar-refractivity contribution in [3.05, 3.63) is 0 Å². The maximum Gasteiger partial charge on any atom is 0.0388 e. The Kier molecular flexibility index (Phi) is 4.86. The van der Waals surface area contributed by atoms with Crippen LogP contribution in [0.4, 0.5) is 0 Å². The van der Waals surface area contributed by atoms with E-state index in [1.165, 1.54) is 0 Å². The number of hydrogen-bond donors (Lipinski definition) is 2. The molecule has 1 atom stereocenters. The van der Waals surface area contributed by atoms with Crippen LogP contribution in [0.2, 0.25) is 0 Å². The van der Waals surface area contributed by atoms with Crippen LogP contribution in [0.5, 0.6) is 0 Å². The first kappa shape index (κ1) is 10.4. The van der Waals surface area contributed by atoms with E-state index >= 15 is 0 Å². The van der Waals surface area contributed by atoms with Gasteiger partial charge in [-0.25, -0.2) is 0 Å². The van der Waals surface area contributed by atoms with Gasteiger partial charge in [-0.3, -0.25) is 0 Å². The zero-order valence-electron chi connectivity index (χ0n) is 7.67. The maximum atomic E-state index is 5.56. The molecule has 0 aliphatic rings. The maximum absolute atomic E-state index is 5.56. The minimum Gasteiger partial charge on any atom is -0.330 e. The Labute approximate surface area is 68.8 Å². The van der Waals surface area contributed by atoms with Gasteiger partial charge in [-0.2, -0.15) is 5.10 Å². The van der Waals surface area contributed by atoms with Gasteiger partial charge in [0, 0.05) is 18.2 Å². The van der Waals surface area contributed by atoms with E-state index in [-0.39, 0.29) is 0 Å². The summed E-state index contributed by atoms with van der Waals surface area (Å²) in [5, 5.41) is 3.65. The monoisotopic (exact) mass is 157 g/mol. The molecule has 0 amide bonds. The molecule has 1 unspecified atom stereocenters. The summed E-state index contributed by atoms with van der Waals surface area (Å²) in [6.07, 6.45) is 1.07. The fourth-order valence-corrected chi connectivity index (χ4v) is 1.11. The van der Waals surface area contributed by atoms with Crippen LogP contribution >= 0.6 is 0 Å². The second-order valence-electron chi connectivity index (χ2n) is 3.33. The average molecular weight is 157 g/mol. The van der Waals surface area contributed by atoms with Gasteiger partial charge in [0.25, 0.3) is 0 Å². The second kappa shape index (κ2) is 5.13. The SMILES string of the molecule is C/C(=N\N)C(CN)CC(C)C. The Hall–Kier alpha value is -0.570. The minimum absolute atomic E-state index is 0.361. The van der Waals surface area contributed by atoms with Crippen molar-refractivity contribution in [2.24, 2.45) is 28.5 Å². The molecular weight excluding hydrogens is 138 g/mol. The van der Waals surface area contributed by atoms with Crippen LogP contribution in [0.1, 0.15) is 27.2 Å². The molecule has 0 bridgehead atoms. The van der Waals surface area contributed by atoms with Crippen molar-refractivity contribution in [2.45, 2.75) is 27.2 Å². The summed E-state index contributed by atoms with van der Waals surface area (Å²) in [7, 11) is 0. The molecule has 3 nitrogen and oxygen atoms in total. The normalized spacial score (nSPS) is 15.5. The topological polar surface area (TPSA) is 64.4 Å². The molecule has 0 aliphatic heterocycles. The Morgan fingerprint density at radius 1 is 1.45 bits per heavy atom. The smallest absolute Gasteiger partial charge is 0.0388 e. The highest BCUT2D eigenvalue weighted by atomic mass is 15.1. The lowest BCUT2D eigenvalue weighted by molar-refractivity contribution is 0.500. The fourth-order valence-electron chi connectivity index (χ4n) is 1.11. The van der Waals surface area contributed by atoms with Crippen LogP contribution in [-0.4, -0.2) is 12.3 Å². The van der Waals surface area contributed by atoms with Crippen molar-refractivity contribution in [2.75, 3.05) is 6.54 Å². The summed E-state index contributed by atoms with van der Waals surface area (Å²) in [5.41, 5.74) is 6.52. The highest BCUT2D eigenvalue weighted by molar-refractivity contribution is 5.84. The largest absolute Gasteiger partial charge is 0.330 e. The van der Waals surface area contributed by atoms with E-state index in [4.69, 9.17) is 11.6 Å². The summed E-state index contributed by atoms with van der Waals surface area (Å²) in [6.45, 7) is 6.92. The number of rotatable bonds is 4. The zero-order chi connectivity index (χ0) is 8.85. The van der Waals surface area contributed by atoms with Crippen LogP contribution in [0.25, 0.3) is 0 Å². The molecule has 0 saturated carbocycles. The van der Waals surface area contributed by atoms with Crippen molar-refractivity contribution in [1.82, 2.24) is 0 Å². The molecule has 4 N–H and O–H groups in total. The van der Waals surface area contributed by atoms with Crippen molar-refractivity contribution in [1.29, 1.82) is 0 Å². The molecule has 0 aromatic rings. The number of hydrogen-bond acceptors (Lipinski definition) is 3. The molecule has 0 aromatic heterocycles. The van der Waals surface area contributed by atoms with Crippen LogP contribution in [0.3, 0.4) is 0 Å². The van der Waals surface area contributed by atoms with Crippen molar-refractivity contribution in [3.8, 4) is 0 Å². The number of nitrogens with two attached hydrogens (primary N) is 2. The zero-order valence-corrected chi connectivity index (χ0v) is 7.67. The van der Waals surface area contributed by atoms with Crippen molar-refractivity contribution in [3.63, 3.8) is 0 Å². The van der Waals surface area contributed by atoms with Gasteiger partial charge in [0.2, 0.25) is 0 Å². The first-order chi connectivity index (χ1) is 5.11. The summed E-state index contributed by atoms with van der Waals surface area (Å²) in [6, 6.07) is 0. The van der Waals surface area contributed by atoms with Gasteiger partial charge in [0.1, 0.15) is 0 Å². The third-order valence-electron chi connectivity index (χ3n) is 1.83. The molecule has 0 rings (SSSR count). The molecule has 0 radical (unpaired) electrons. The fraction of sp³-hybridized carbons (Fsp3) is 0.875. The Morgan fingerprint density at radius 3 is 2.27 bits per heavy atom. The van der Waals surface area contributed by atoms with Gasteiger partial charge in [0.15, 0.2) is 0 Å². The molecule has 0 fully saturated rings. The summed E-state index contributed by atoms with van der Waals surface area (Å²) in [4.78, 5) is 0. The van der Waals surface area contributed by atoms with E-state index in [9.17, 15) is 0 Å². The van der Waals surface area contributed by atoms with Crippen LogP contribution in [0.15, 0.2) is 5.10 Å². The van der Waals surface area contributed by atoms with E-state index < -0.39 is 0 Å². The summed E-state index contributed by atoms with van der Waals surface area (Å²) in [5.74, 6) is 6.17. The molecule has 0 saturated heterocycles. The number of nitrogens with zero attached hydrogens (tertiary/aromatic N) is 1. The van der Waals surface area contributed by atoms with E-state index in [1.54, 1.807) is 0 Å². The number of hydrazone groups is 1. The van der Waals surface area contributed by atoms with Gasteiger partial charge >= 0.3 is 0 Å². The molecule has 0 heterocycles. The van der Waals surface area contributed by atoms with Gasteiger partial charge < -0.3 is 11.6 Å². The second-order valence-corrected chi connectivity index (χ2v) is 3.33. The van der Waals surface area contributed by atoms with E-state index in [0.29, 0.717) is 18.4 Å². The summed E-state index contributed by atoms with van der Waals surface area (Å²) >= 11 is 0. The molecular formula is C8H19N3. The van der Waals surface area contributed by atoms with Crippen LogP contribution < -0.4 is 11.6 Å². The molecule has 0 aliphatic carbocycles. The third-order valence-corrected chi connectivity index (χ3v) is 1.83. The van der Waals surface area contributed by atoms with E-state index in [1.807, 2.05) is 6.92 Å². The Morgan fingerprint density at radius 2 is 2.00 bits per heavy atom. The van der Waals surface area contributed by atoms with E-state index in [2.05, 4.69) is 18.9 Å². The first-order valence-corrected chi connectivity index (χ1v) is 4.06. The molecule has 66 valence electrons. The van der Waals surface area contributed by atoms with Gasteiger partial charge in [-0.15, -0.1) is 0 Å². The highest BCUT2D eigenvalue weighted by Crippen LogP contribution is 2.11. The van der Waals surface area contributed by atoms with E-state index in [0.717, 1.165) is 12.1 Å². The molecule has 0 spiro atoms. The Bertz CT molecular complexity index is 129. The average Bonchev–Trinajstić information content (AvgIpc) is 1.98. The lowest BCUT2D eigenvalue weighted by Crippen LogP contribution is -2.24. The lowest BCUT2D eigenvalue weighted by Gasteiger charge is -2.15. The molecule has 3 heteroatoms. The third kappa shape index (κ3) is 3.98. The first-order valence-electron chi connectivity index (χ1n) is 4.06. The lowest BCUT2D eigenvalue weighted by atomic mass is 9.94. The standard InChI is InChI=1S/C8H19N3/c1-6(2)4-8(5-9)7(3)11-10/h6,8H,4-5,9-10H2,1-3H3/b11-7+. The van der Waals surface area contributed by atoms with Gasteiger partial charge in [-0.05, 0) is 19.3 Å². The summed E-state index contributed by atoms with van der Waals surface area (Å²) < 4.78 is 0. The minimum atomic E-state index is 0.361. The molecule has 0 aromatic carbocycles. The van der Waals surface area contributed by atoms with Gasteiger partial charge in [0.05, 0.1) is 0 Å². The predicted molar refractivity (Wildman–Crippen MR) is 49.3 cm³/mol. The van der Waals surface area contributed by atoms with Crippen LogP contribution in [-0.2, 0) is 0 Å². The Balaban J connectivity index is 3.95. The van der Waals surface area contributed by atoms with Crippen molar-refractivity contribution < 1.29 is 0 Å². The predicted octanol–water partition coefficient (Wildman–Crippen LogP) is 0.942. The highest BCUT2D eigenvalue weighted by Gasteiger charge is 2.11. The molecule has 11 heavy (non-hydrogen) atoms.